The second-order valence-corrected chi connectivity index (χ2v) is 14.5. The summed E-state index contributed by atoms with van der Waals surface area (Å²) in [7, 11) is 0. The minimum absolute atomic E-state index is 0.187. The van der Waals surface area contributed by atoms with Crippen LogP contribution in [0.3, 0.4) is 0 Å². The second-order valence-electron chi connectivity index (χ2n) is 12.6. The Hall–Kier alpha value is -2.58. The zero-order valence-electron chi connectivity index (χ0n) is 25.2. The van der Waals surface area contributed by atoms with Crippen LogP contribution in [0.15, 0.2) is 43.5 Å². The summed E-state index contributed by atoms with van der Waals surface area (Å²) in [6, 6.07) is 4.66. The smallest absolute Gasteiger partial charge is 0.311 e. The molecule has 1 aromatic carbocycles. The fraction of sp³-hybridized carbons (Fsp3) is 0.606. The summed E-state index contributed by atoms with van der Waals surface area (Å²) in [5.74, 6) is -1.90. The number of fused-ring (bicyclic) bond motifs is 1. The number of aliphatic hydroxyl groups is 1. The molecule has 2 bridgehead atoms. The molecule has 3 aliphatic heterocycles. The summed E-state index contributed by atoms with van der Waals surface area (Å²) in [5.41, 5.74) is 2.76. The van der Waals surface area contributed by atoms with Gasteiger partial charge in [0.2, 0.25) is 5.91 Å². The lowest BCUT2D eigenvalue weighted by atomic mass is 9.66. The first-order valence-electron chi connectivity index (χ1n) is 14.9. The summed E-state index contributed by atoms with van der Waals surface area (Å²) < 4.78 is 4.45. The van der Waals surface area contributed by atoms with Crippen LogP contribution in [0.5, 0.6) is 0 Å². The van der Waals surface area contributed by atoms with Crippen LogP contribution in [0.25, 0.3) is 0 Å². The number of amides is 2. The van der Waals surface area contributed by atoms with Crippen LogP contribution < -0.4 is 4.90 Å². The summed E-state index contributed by atoms with van der Waals surface area (Å²) in [6.07, 6.45) is 6.83. The summed E-state index contributed by atoms with van der Waals surface area (Å²) in [5, 5.41) is 10.6. The molecular formula is C33H46N2O5S. The maximum Gasteiger partial charge on any atom is 0.311 e. The van der Waals surface area contributed by atoms with Crippen molar-refractivity contribution in [2.24, 2.45) is 17.8 Å². The van der Waals surface area contributed by atoms with Gasteiger partial charge in [0.25, 0.3) is 5.91 Å². The molecule has 1 spiro atoms. The molecule has 2 amide bonds. The Kier molecular flexibility index (Phi) is 9.44. The van der Waals surface area contributed by atoms with Gasteiger partial charge < -0.3 is 19.6 Å². The molecule has 4 rings (SSSR count). The Morgan fingerprint density at radius 1 is 1.24 bits per heavy atom. The number of hydrogen-bond donors (Lipinski definition) is 1. The highest BCUT2D eigenvalue weighted by Crippen LogP contribution is 2.72. The number of carbonyl (C=O) groups excluding carboxylic acids is 3. The number of aliphatic hydroxyl groups excluding tert-OH is 1. The lowest BCUT2D eigenvalue weighted by molar-refractivity contribution is -0.156. The van der Waals surface area contributed by atoms with Crippen LogP contribution in [0.4, 0.5) is 5.69 Å². The Morgan fingerprint density at radius 2 is 1.98 bits per heavy atom. The molecule has 224 valence electrons. The zero-order valence-corrected chi connectivity index (χ0v) is 26.0. The van der Waals surface area contributed by atoms with E-state index in [0.29, 0.717) is 25.7 Å². The van der Waals surface area contributed by atoms with Crippen molar-refractivity contribution < 1.29 is 24.2 Å². The maximum atomic E-state index is 14.9. The monoisotopic (exact) mass is 582 g/mol. The molecule has 41 heavy (non-hydrogen) atoms. The molecule has 1 aromatic rings. The van der Waals surface area contributed by atoms with Crippen LogP contribution in [-0.4, -0.2) is 69.1 Å². The van der Waals surface area contributed by atoms with Gasteiger partial charge in [0, 0.05) is 17.0 Å². The highest BCUT2D eigenvalue weighted by molar-refractivity contribution is 8.02. The lowest BCUT2D eigenvalue weighted by Gasteiger charge is -2.40. The number of likely N-dealkylation sites (tertiary alicyclic amines) is 1. The van der Waals surface area contributed by atoms with Gasteiger partial charge in [-0.25, -0.2) is 0 Å². The number of ether oxygens (including phenoxy) is 1. The fourth-order valence-electron chi connectivity index (χ4n) is 7.30. The third kappa shape index (κ3) is 5.50. The molecule has 3 heterocycles. The van der Waals surface area contributed by atoms with E-state index < -0.39 is 33.4 Å². The fourth-order valence-corrected chi connectivity index (χ4v) is 9.62. The van der Waals surface area contributed by atoms with Crippen molar-refractivity contribution in [3.8, 4) is 0 Å². The first-order valence-corrected chi connectivity index (χ1v) is 15.7. The number of hydrogen-bond acceptors (Lipinski definition) is 6. The van der Waals surface area contributed by atoms with Gasteiger partial charge in [0.05, 0.1) is 35.8 Å². The Balaban J connectivity index is 1.82. The van der Waals surface area contributed by atoms with E-state index in [9.17, 15) is 19.5 Å². The zero-order chi connectivity index (χ0) is 30.1. The molecule has 1 N–H and O–H groups in total. The number of anilines is 1. The highest BCUT2D eigenvalue weighted by Gasteiger charge is 2.78. The summed E-state index contributed by atoms with van der Waals surface area (Å²) >= 11 is 1.63. The molecule has 0 aromatic heterocycles. The minimum atomic E-state index is -0.818. The molecule has 3 saturated heterocycles. The number of aryl methyl sites for hydroxylation is 2. The van der Waals surface area contributed by atoms with Crippen molar-refractivity contribution in [3.05, 3.63) is 54.6 Å². The molecule has 0 aliphatic carbocycles. The third-order valence-corrected chi connectivity index (χ3v) is 11.1. The molecule has 7 nitrogen and oxygen atoms in total. The van der Waals surface area contributed by atoms with E-state index in [-0.39, 0.29) is 43.5 Å². The van der Waals surface area contributed by atoms with Gasteiger partial charge in [0.15, 0.2) is 0 Å². The van der Waals surface area contributed by atoms with Crippen molar-refractivity contribution in [2.75, 3.05) is 24.7 Å². The largest absolute Gasteiger partial charge is 0.465 e. The van der Waals surface area contributed by atoms with Crippen LogP contribution in [-0.2, 0) is 19.1 Å². The number of esters is 1. The standard InChI is InChI=1S/C33H46N2O5S/c1-8-10-11-17-40-31(39)27-26-29(37)35(24(20-36)18-21(3)4)28(33(26)15-14-32(27,7)41-33)30(38)34(16-9-2)25-19-22(5)12-13-23(25)6/h8-9,12-13,19,21,24,26-28,36H,1-2,10-11,14-18,20H2,3-7H3/t24-,26+,27+,28?,32-,33?/m1/s1. The van der Waals surface area contributed by atoms with E-state index in [1.165, 1.54) is 0 Å². The van der Waals surface area contributed by atoms with E-state index in [2.05, 4.69) is 13.2 Å². The van der Waals surface area contributed by atoms with Crippen LogP contribution in [0, 0.1) is 31.6 Å². The van der Waals surface area contributed by atoms with Gasteiger partial charge in [-0.3, -0.25) is 14.4 Å². The number of carbonyl (C=O) groups is 3. The molecule has 8 heteroatoms. The molecule has 2 unspecified atom stereocenters. The average Bonchev–Trinajstić information content (AvgIpc) is 3.50. The van der Waals surface area contributed by atoms with Crippen molar-refractivity contribution in [1.29, 1.82) is 0 Å². The van der Waals surface area contributed by atoms with E-state index >= 15 is 0 Å². The Bertz CT molecular complexity index is 1200. The van der Waals surface area contributed by atoms with Crippen LogP contribution in [0.2, 0.25) is 0 Å². The topological polar surface area (TPSA) is 87.1 Å². The van der Waals surface area contributed by atoms with Crippen molar-refractivity contribution in [2.45, 2.75) is 88.3 Å². The first kappa shape index (κ1) is 31.4. The minimum Gasteiger partial charge on any atom is -0.465 e. The van der Waals surface area contributed by atoms with E-state index in [1.54, 1.807) is 33.7 Å². The first-order chi connectivity index (χ1) is 19.5. The molecule has 3 aliphatic rings. The van der Waals surface area contributed by atoms with Gasteiger partial charge in [-0.15, -0.1) is 24.9 Å². The van der Waals surface area contributed by atoms with Gasteiger partial charge in [-0.2, -0.15) is 0 Å². The molecule has 3 fully saturated rings. The second kappa shape index (κ2) is 12.3. The molecule has 0 radical (unpaired) electrons. The summed E-state index contributed by atoms with van der Waals surface area (Å²) in [6.45, 7) is 18.1. The number of allylic oxidation sites excluding steroid dienone is 1. The van der Waals surface area contributed by atoms with Gasteiger partial charge >= 0.3 is 5.97 Å². The van der Waals surface area contributed by atoms with Gasteiger partial charge in [0.1, 0.15) is 6.04 Å². The lowest BCUT2D eigenvalue weighted by Crippen LogP contribution is -2.58. The van der Waals surface area contributed by atoms with Crippen molar-refractivity contribution in [1.82, 2.24) is 4.90 Å². The number of thioether (sulfide) groups is 1. The van der Waals surface area contributed by atoms with Crippen LogP contribution in [0.1, 0.15) is 64.0 Å². The van der Waals surface area contributed by atoms with Gasteiger partial charge in [-0.1, -0.05) is 38.1 Å². The number of unbranched alkanes of at least 4 members (excludes halogenated alkanes) is 1. The number of rotatable bonds is 13. The van der Waals surface area contributed by atoms with Crippen LogP contribution >= 0.6 is 11.8 Å². The van der Waals surface area contributed by atoms with Crippen molar-refractivity contribution in [3.63, 3.8) is 0 Å². The Labute approximate surface area is 249 Å². The van der Waals surface area contributed by atoms with E-state index in [4.69, 9.17) is 4.74 Å². The van der Waals surface area contributed by atoms with Gasteiger partial charge in [-0.05, 0) is 76.0 Å². The summed E-state index contributed by atoms with van der Waals surface area (Å²) in [4.78, 5) is 46.4. The third-order valence-electron chi connectivity index (χ3n) is 9.08. The predicted octanol–water partition coefficient (Wildman–Crippen LogP) is 5.22. The normalized spacial score (nSPS) is 29.0. The quantitative estimate of drug-likeness (QED) is 0.195. The predicted molar refractivity (Wildman–Crippen MR) is 165 cm³/mol. The Morgan fingerprint density at radius 3 is 2.61 bits per heavy atom. The van der Waals surface area contributed by atoms with E-state index in [1.807, 2.05) is 52.8 Å². The average molecular weight is 583 g/mol. The number of nitrogens with zero attached hydrogens (tertiary/aromatic N) is 2. The maximum absolute atomic E-state index is 14.9. The highest BCUT2D eigenvalue weighted by atomic mass is 32.2. The SMILES string of the molecule is C=CCCCOC(=O)[C@@H]1[C@H]2C(=O)N([C@@H](CO)CC(C)C)C(C(=O)N(CC=C)c3cc(C)ccc3C)C23CC[C@@]1(C)S3. The molecule has 6 atom stereocenters. The molecule has 0 saturated carbocycles. The number of benzene rings is 1. The van der Waals surface area contributed by atoms with E-state index in [0.717, 1.165) is 23.2 Å². The van der Waals surface area contributed by atoms with Crippen molar-refractivity contribution >= 4 is 35.2 Å². The molecular weight excluding hydrogens is 536 g/mol.